The third kappa shape index (κ3) is 4.26. The van der Waals surface area contributed by atoms with Gasteiger partial charge in [-0.05, 0) is 47.4 Å². The van der Waals surface area contributed by atoms with Crippen molar-refractivity contribution in [3.05, 3.63) is 157 Å². The van der Waals surface area contributed by atoms with Gasteiger partial charge in [-0.3, -0.25) is 4.57 Å². The zero-order valence-electron chi connectivity index (χ0n) is 41.9. The topological polar surface area (TPSA) is 69.9 Å². The maximum atomic E-state index is 9.64. The van der Waals surface area contributed by atoms with E-state index in [2.05, 4.69) is 4.98 Å². The highest BCUT2D eigenvalue weighted by atomic mass is 16.3. The smallest absolute Gasteiger partial charge is 0.238 e. The first-order valence-electron chi connectivity index (χ1n) is 23.7. The summed E-state index contributed by atoms with van der Waals surface area (Å²) in [5.41, 5.74) is -1.08. The van der Waals surface area contributed by atoms with Crippen molar-refractivity contribution in [2.24, 2.45) is 0 Å². The number of furan rings is 2. The minimum absolute atomic E-state index is 0.0658. The fourth-order valence-electron chi connectivity index (χ4n) is 6.37. The molecule has 11 rings (SSSR count). The van der Waals surface area contributed by atoms with Crippen molar-refractivity contribution in [2.45, 2.75) is 0 Å². The van der Waals surface area contributed by atoms with Crippen LogP contribution in [-0.4, -0.2) is 19.5 Å². The first-order valence-corrected chi connectivity index (χ1v) is 15.7. The Hall–Kier alpha value is -7.05. The Morgan fingerprint density at radius 1 is 0.451 bits per heavy atom. The van der Waals surface area contributed by atoms with Gasteiger partial charge in [-0.25, -0.2) is 4.98 Å². The Balaban J connectivity index is 1.30. The molecule has 0 bridgehead atoms. The van der Waals surface area contributed by atoms with E-state index in [4.69, 9.17) is 32.5 Å². The van der Waals surface area contributed by atoms with Gasteiger partial charge in [-0.2, -0.15) is 9.97 Å². The van der Waals surface area contributed by atoms with Crippen LogP contribution < -0.4 is 0 Å². The van der Waals surface area contributed by atoms with Crippen LogP contribution in [0.1, 0.15) is 21.9 Å². The Morgan fingerprint density at radius 3 is 1.98 bits per heavy atom. The molecule has 7 aromatic carbocycles. The van der Waals surface area contributed by atoms with Crippen molar-refractivity contribution in [3.63, 3.8) is 0 Å². The molecule has 4 aromatic heterocycles. The molecule has 0 aliphatic heterocycles. The zero-order valence-corrected chi connectivity index (χ0v) is 25.9. The highest BCUT2D eigenvalue weighted by Crippen LogP contribution is 2.40. The van der Waals surface area contributed by atoms with E-state index >= 15 is 0 Å². The van der Waals surface area contributed by atoms with E-state index in [9.17, 15) is 8.22 Å². The van der Waals surface area contributed by atoms with Gasteiger partial charge >= 0.3 is 0 Å². The maximum absolute atomic E-state index is 9.64. The summed E-state index contributed by atoms with van der Waals surface area (Å²) in [6.07, 6.45) is 0. The lowest BCUT2D eigenvalue weighted by Crippen LogP contribution is -2.06. The van der Waals surface area contributed by atoms with Gasteiger partial charge < -0.3 is 8.83 Å². The molecule has 4 heterocycles. The van der Waals surface area contributed by atoms with Crippen LogP contribution in [0.3, 0.4) is 0 Å². The minimum atomic E-state index is -0.688. The van der Waals surface area contributed by atoms with Crippen LogP contribution in [0.15, 0.2) is 166 Å². The first-order chi connectivity index (χ1) is 32.0. The Bertz CT molecular complexity index is 4060. The summed E-state index contributed by atoms with van der Waals surface area (Å²) in [6.45, 7) is 0. The molecule has 0 saturated carbocycles. The molecule has 51 heavy (non-hydrogen) atoms. The number of hydrogen-bond acceptors (Lipinski definition) is 5. The molecule has 0 saturated heterocycles. The standard InChI is InChI=1S/C45H26N4O2/c1-3-12-27(13-4-1)30-18-11-21-39-42(30)33-23-22-29(24-40(33)51-39)44-46-43(28-14-5-2-6-15-28)47-45(48-44)49-36-19-9-7-16-31(36)34-25-35-32-17-8-10-20-38(32)50-41(35)26-37(34)49/h1-26H/i7D,8D,9D,10D,11D,16D,17D,18D,19D,20D,21D,22D,23D,24D,25D,26D. The molecule has 0 amide bonds. The molecule has 0 spiro atoms. The number of benzene rings is 7. The molecule has 238 valence electrons. The normalized spacial score (nSPS) is 16.3. The van der Waals surface area contributed by atoms with Crippen LogP contribution in [0, 0.1) is 0 Å². The fraction of sp³-hybridized carbons (Fsp3) is 0. The first kappa shape index (κ1) is 16.6. The van der Waals surface area contributed by atoms with Crippen molar-refractivity contribution >= 4 is 65.7 Å². The number of nitrogens with zero attached hydrogens (tertiary/aromatic N) is 4. The van der Waals surface area contributed by atoms with Gasteiger partial charge in [0.15, 0.2) is 11.6 Å². The van der Waals surface area contributed by atoms with Gasteiger partial charge in [0.25, 0.3) is 0 Å². The average molecular weight is 671 g/mol. The van der Waals surface area contributed by atoms with Crippen molar-refractivity contribution in [1.29, 1.82) is 0 Å². The number of hydrogen-bond donors (Lipinski definition) is 0. The van der Waals surface area contributed by atoms with Gasteiger partial charge in [0.05, 0.1) is 33.0 Å². The zero-order chi connectivity index (χ0) is 47.4. The summed E-state index contributed by atoms with van der Waals surface area (Å²) in [5.74, 6) is -0.905. The second-order valence-corrected chi connectivity index (χ2v) is 11.6. The molecule has 0 aliphatic rings. The van der Waals surface area contributed by atoms with Crippen LogP contribution in [0.2, 0.25) is 0 Å². The lowest BCUT2D eigenvalue weighted by Gasteiger charge is -2.11. The Kier molecular flexibility index (Phi) is 3.48. The second-order valence-electron chi connectivity index (χ2n) is 11.6. The molecule has 0 fully saturated rings. The quantitative estimate of drug-likeness (QED) is 0.186. The highest BCUT2D eigenvalue weighted by molar-refractivity contribution is 6.17. The van der Waals surface area contributed by atoms with Crippen molar-refractivity contribution in [2.75, 3.05) is 0 Å². The van der Waals surface area contributed by atoms with Crippen LogP contribution in [0.4, 0.5) is 0 Å². The third-order valence-corrected chi connectivity index (χ3v) is 8.63. The van der Waals surface area contributed by atoms with Gasteiger partial charge in [0, 0.05) is 49.5 Å². The third-order valence-electron chi connectivity index (χ3n) is 8.63. The monoisotopic (exact) mass is 670 g/mol. The molecule has 0 aliphatic carbocycles. The summed E-state index contributed by atoms with van der Waals surface area (Å²) in [4.78, 5) is 14.1. The van der Waals surface area contributed by atoms with Gasteiger partial charge in [-0.1, -0.05) is 115 Å². The van der Waals surface area contributed by atoms with E-state index in [-0.39, 0.29) is 88.7 Å². The van der Waals surface area contributed by atoms with Gasteiger partial charge in [-0.15, -0.1) is 0 Å². The SMILES string of the molecule is [2H]c1c([2H])c([2H])c2c(oc3c([2H])c4c(c([2H])c32)c2c([2H])c([2H])c([2H])c([2H])c2n4-c2nc(-c3ccccc3)nc(-c3c([2H])c([2H])c4c(oc5c([2H])c([2H])c([2H])c(-c6ccccc6)c54)c3[2H])n2)c1[2H]. The van der Waals surface area contributed by atoms with Crippen molar-refractivity contribution < 1.29 is 30.8 Å². The molecule has 6 nitrogen and oxygen atoms in total. The van der Waals surface area contributed by atoms with Crippen molar-refractivity contribution in [3.8, 4) is 39.9 Å². The molecule has 6 heteroatoms. The maximum Gasteiger partial charge on any atom is 0.238 e. The van der Waals surface area contributed by atoms with E-state index in [1.165, 1.54) is 0 Å². The number of aromatic nitrogens is 4. The van der Waals surface area contributed by atoms with Gasteiger partial charge in [0.1, 0.15) is 22.3 Å². The molecule has 11 aromatic rings. The van der Waals surface area contributed by atoms with Gasteiger partial charge in [0.2, 0.25) is 5.95 Å². The fourth-order valence-corrected chi connectivity index (χ4v) is 6.37. The molecule has 0 unspecified atom stereocenters. The number of fused-ring (bicyclic) bond motifs is 9. The Labute approximate surface area is 313 Å². The average Bonchev–Trinajstić information content (AvgIpc) is 4.05. The summed E-state index contributed by atoms with van der Waals surface area (Å²) in [6, 6.07) is 8.16. The van der Waals surface area contributed by atoms with E-state index in [1.807, 2.05) is 0 Å². The summed E-state index contributed by atoms with van der Waals surface area (Å²) >= 11 is 0. The van der Waals surface area contributed by atoms with Crippen LogP contribution in [-0.2, 0) is 0 Å². The van der Waals surface area contributed by atoms with Crippen molar-refractivity contribution in [1.82, 2.24) is 19.5 Å². The molecule has 0 atom stereocenters. The molecule has 0 radical (unpaired) electrons. The largest absolute Gasteiger partial charge is 0.456 e. The highest BCUT2D eigenvalue weighted by Gasteiger charge is 2.21. The van der Waals surface area contributed by atoms with E-state index in [0.717, 1.165) is 4.57 Å². The lowest BCUT2D eigenvalue weighted by atomic mass is 9.99. The molecule has 0 N–H and O–H groups in total. The molecular formula is C45H26N4O2. The summed E-state index contributed by atoms with van der Waals surface area (Å²) < 4.78 is 157. The second kappa shape index (κ2) is 10.7. The number of rotatable bonds is 4. The van der Waals surface area contributed by atoms with E-state index < -0.39 is 102 Å². The number of para-hydroxylation sites is 2. The minimum Gasteiger partial charge on any atom is -0.456 e. The summed E-state index contributed by atoms with van der Waals surface area (Å²) in [5, 5.41) is -0.855. The summed E-state index contributed by atoms with van der Waals surface area (Å²) in [7, 11) is 0. The van der Waals surface area contributed by atoms with Crippen LogP contribution in [0.5, 0.6) is 0 Å². The molecular weight excluding hydrogens is 629 g/mol. The van der Waals surface area contributed by atoms with Crippen LogP contribution >= 0.6 is 0 Å². The Morgan fingerprint density at radius 2 is 1.14 bits per heavy atom. The predicted octanol–water partition coefficient (Wildman–Crippen LogP) is 11.8. The lowest BCUT2D eigenvalue weighted by molar-refractivity contribution is 0.668. The van der Waals surface area contributed by atoms with Crippen LogP contribution in [0.25, 0.3) is 106 Å². The predicted molar refractivity (Wildman–Crippen MR) is 205 cm³/mol. The van der Waals surface area contributed by atoms with E-state index in [0.29, 0.717) is 11.1 Å². The van der Waals surface area contributed by atoms with E-state index in [1.54, 1.807) is 60.7 Å².